The Kier molecular flexibility index (Phi) is 4.61. The third kappa shape index (κ3) is 3.73. The van der Waals surface area contributed by atoms with Gasteiger partial charge in [-0.1, -0.05) is 26.8 Å². The Morgan fingerprint density at radius 1 is 1.22 bits per heavy atom. The molecule has 1 atom stereocenters. The van der Waals surface area contributed by atoms with Crippen molar-refractivity contribution in [3.63, 3.8) is 0 Å². The van der Waals surface area contributed by atoms with Gasteiger partial charge in [-0.3, -0.25) is 0 Å². The number of thiophene rings is 1. The molecule has 1 unspecified atom stereocenters. The van der Waals surface area contributed by atoms with Crippen LogP contribution >= 0.6 is 11.3 Å². The lowest BCUT2D eigenvalue weighted by atomic mass is 9.85. The summed E-state index contributed by atoms with van der Waals surface area (Å²) in [6.07, 6.45) is -1.02. The summed E-state index contributed by atoms with van der Waals surface area (Å²) in [6, 6.07) is 3.64. The first-order valence-electron chi connectivity index (χ1n) is 7.78. The van der Waals surface area contributed by atoms with Gasteiger partial charge in [0.1, 0.15) is 0 Å². The molecule has 1 aliphatic heterocycles. The summed E-state index contributed by atoms with van der Waals surface area (Å²) in [5.74, 6) is 0. The number of carbonyl (C=O) groups is 1. The molecule has 2 N–H and O–H groups in total. The molecule has 0 radical (unpaired) electrons. The van der Waals surface area contributed by atoms with E-state index in [0.717, 1.165) is 9.65 Å². The zero-order valence-electron chi connectivity index (χ0n) is 14.9. The van der Waals surface area contributed by atoms with Gasteiger partial charge < -0.3 is 19.7 Å². The number of rotatable bonds is 3. The Balaban J connectivity index is 2.25. The Labute approximate surface area is 142 Å². The molecule has 0 spiro atoms. The van der Waals surface area contributed by atoms with Crippen molar-refractivity contribution in [2.75, 3.05) is 0 Å². The predicted octanol–water partition coefficient (Wildman–Crippen LogP) is 3.40. The van der Waals surface area contributed by atoms with Crippen LogP contribution in [0.3, 0.4) is 0 Å². The lowest BCUT2D eigenvalue weighted by Gasteiger charge is -2.32. The molecule has 0 bridgehead atoms. The summed E-state index contributed by atoms with van der Waals surface area (Å²) in [6.45, 7) is 14.1. The van der Waals surface area contributed by atoms with Gasteiger partial charge in [0, 0.05) is 9.65 Å². The lowest BCUT2D eigenvalue weighted by Crippen LogP contribution is -2.41. The molecule has 2 heterocycles. The fourth-order valence-electron chi connectivity index (χ4n) is 2.45. The van der Waals surface area contributed by atoms with Gasteiger partial charge in [0.05, 0.1) is 17.2 Å². The number of amides is 1. The number of hydrogen-bond donors (Lipinski definition) is 2. The standard InChI is InChI=1S/C16H26BNO4S/c1-14(2,3)12(18-13(19)20)10-8-9-11(23-10)17-21-15(4,5)16(6,7)22-17/h8-9,12,18H,1-7H3,(H,19,20). The highest BCUT2D eigenvalue weighted by Crippen LogP contribution is 2.38. The molecule has 1 fully saturated rings. The number of hydrogen-bond acceptors (Lipinski definition) is 4. The van der Waals surface area contributed by atoms with Crippen LogP contribution in [0.1, 0.15) is 59.4 Å². The SMILES string of the molecule is CC(C)(C)C(NC(=O)O)c1ccc(B2OC(C)(C)C(C)(C)O2)s1. The largest absolute Gasteiger partial charge is 0.505 e. The molecule has 23 heavy (non-hydrogen) atoms. The highest BCUT2D eigenvalue weighted by Gasteiger charge is 2.52. The topological polar surface area (TPSA) is 67.8 Å². The quantitative estimate of drug-likeness (QED) is 0.828. The molecule has 0 aromatic carbocycles. The van der Waals surface area contributed by atoms with Crippen molar-refractivity contribution in [2.24, 2.45) is 5.41 Å². The summed E-state index contributed by atoms with van der Waals surface area (Å²) < 4.78 is 13.1. The van der Waals surface area contributed by atoms with Crippen molar-refractivity contribution >= 4 is 29.3 Å². The second-order valence-corrected chi connectivity index (χ2v) is 9.22. The molecule has 1 amide bonds. The molecule has 1 aromatic heterocycles. The van der Waals surface area contributed by atoms with Gasteiger partial charge in [-0.15, -0.1) is 11.3 Å². The fourth-order valence-corrected chi connectivity index (χ4v) is 3.71. The maximum atomic E-state index is 11.1. The van der Waals surface area contributed by atoms with Crippen molar-refractivity contribution < 1.29 is 19.2 Å². The second-order valence-electron chi connectivity index (χ2n) is 8.08. The Bertz CT molecular complexity index is 575. The monoisotopic (exact) mass is 339 g/mol. The van der Waals surface area contributed by atoms with Gasteiger partial charge in [-0.05, 0) is 39.2 Å². The van der Waals surface area contributed by atoms with Crippen molar-refractivity contribution in [1.82, 2.24) is 5.32 Å². The minimum atomic E-state index is -1.02. The second kappa shape index (κ2) is 5.79. The number of carboxylic acid groups (broad SMARTS) is 1. The first-order valence-corrected chi connectivity index (χ1v) is 8.60. The molecule has 2 rings (SSSR count). The van der Waals surface area contributed by atoms with E-state index in [1.165, 1.54) is 11.3 Å². The highest BCUT2D eigenvalue weighted by molar-refractivity contribution is 7.22. The summed E-state index contributed by atoms with van der Waals surface area (Å²) in [5, 5.41) is 11.7. The fraction of sp³-hybridized carbons (Fsp3) is 0.688. The lowest BCUT2D eigenvalue weighted by molar-refractivity contribution is 0.00578. The van der Waals surface area contributed by atoms with Crippen LogP contribution in [0.25, 0.3) is 0 Å². The Morgan fingerprint density at radius 3 is 2.17 bits per heavy atom. The van der Waals surface area contributed by atoms with Crippen molar-refractivity contribution in [1.29, 1.82) is 0 Å². The maximum absolute atomic E-state index is 11.1. The van der Waals surface area contributed by atoms with E-state index in [2.05, 4.69) is 5.32 Å². The van der Waals surface area contributed by atoms with Gasteiger partial charge >= 0.3 is 13.2 Å². The maximum Gasteiger partial charge on any atom is 0.505 e. The minimum Gasteiger partial charge on any atom is -0.465 e. The third-order valence-electron chi connectivity index (χ3n) is 4.55. The summed E-state index contributed by atoms with van der Waals surface area (Å²) in [7, 11) is -0.413. The molecule has 128 valence electrons. The molecule has 1 aliphatic rings. The van der Waals surface area contributed by atoms with E-state index in [0.29, 0.717) is 0 Å². The number of nitrogens with one attached hydrogen (secondary N) is 1. The van der Waals surface area contributed by atoms with Gasteiger partial charge in [0.15, 0.2) is 0 Å². The van der Waals surface area contributed by atoms with Crippen LogP contribution in [0, 0.1) is 5.41 Å². The molecule has 0 saturated carbocycles. The molecule has 1 saturated heterocycles. The Morgan fingerprint density at radius 2 is 1.74 bits per heavy atom. The van der Waals surface area contributed by atoms with Crippen molar-refractivity contribution in [3.8, 4) is 0 Å². The van der Waals surface area contributed by atoms with E-state index in [4.69, 9.17) is 14.4 Å². The van der Waals surface area contributed by atoms with Crippen LogP contribution < -0.4 is 10.1 Å². The third-order valence-corrected chi connectivity index (χ3v) is 5.72. The first kappa shape index (κ1) is 18.3. The van der Waals surface area contributed by atoms with Gasteiger partial charge in [0.2, 0.25) is 0 Å². The van der Waals surface area contributed by atoms with E-state index in [1.54, 1.807) is 0 Å². The molecule has 1 aromatic rings. The molecule has 5 nitrogen and oxygen atoms in total. The van der Waals surface area contributed by atoms with Gasteiger partial charge in [-0.25, -0.2) is 4.79 Å². The van der Waals surface area contributed by atoms with Crippen LogP contribution in [0.5, 0.6) is 0 Å². The average molecular weight is 339 g/mol. The minimum absolute atomic E-state index is 0.226. The van der Waals surface area contributed by atoms with E-state index in [1.807, 2.05) is 60.6 Å². The van der Waals surface area contributed by atoms with Crippen LogP contribution in [-0.2, 0) is 9.31 Å². The smallest absolute Gasteiger partial charge is 0.465 e. The van der Waals surface area contributed by atoms with Crippen molar-refractivity contribution in [3.05, 3.63) is 17.0 Å². The van der Waals surface area contributed by atoms with E-state index in [-0.39, 0.29) is 22.7 Å². The molecule has 7 heteroatoms. The van der Waals surface area contributed by atoms with E-state index < -0.39 is 13.2 Å². The van der Waals surface area contributed by atoms with Crippen LogP contribution in [0.4, 0.5) is 4.79 Å². The predicted molar refractivity (Wildman–Crippen MR) is 93.4 cm³/mol. The van der Waals surface area contributed by atoms with E-state index in [9.17, 15) is 4.79 Å². The van der Waals surface area contributed by atoms with E-state index >= 15 is 0 Å². The zero-order chi connectivity index (χ0) is 17.6. The molecular weight excluding hydrogens is 313 g/mol. The molecular formula is C16H26BNO4S. The average Bonchev–Trinajstić information content (AvgIpc) is 2.88. The summed E-state index contributed by atoms with van der Waals surface area (Å²) in [4.78, 5) is 12.1. The molecule has 0 aliphatic carbocycles. The van der Waals surface area contributed by atoms with Crippen LogP contribution in [0.15, 0.2) is 12.1 Å². The Hall–Kier alpha value is -1.05. The normalized spacial score (nSPS) is 21.3. The van der Waals surface area contributed by atoms with Gasteiger partial charge in [0.25, 0.3) is 0 Å². The summed E-state index contributed by atoms with van der Waals surface area (Å²) >= 11 is 1.53. The van der Waals surface area contributed by atoms with Crippen LogP contribution in [-0.4, -0.2) is 29.5 Å². The highest BCUT2D eigenvalue weighted by atomic mass is 32.1. The van der Waals surface area contributed by atoms with Gasteiger partial charge in [-0.2, -0.15) is 0 Å². The van der Waals surface area contributed by atoms with Crippen molar-refractivity contribution in [2.45, 2.75) is 65.7 Å². The van der Waals surface area contributed by atoms with Crippen LogP contribution in [0.2, 0.25) is 0 Å². The zero-order valence-corrected chi connectivity index (χ0v) is 15.7. The first-order chi connectivity index (χ1) is 10.3. The summed E-state index contributed by atoms with van der Waals surface area (Å²) in [5.41, 5.74) is -0.994.